The summed E-state index contributed by atoms with van der Waals surface area (Å²) >= 11 is 5.94. The number of H-pyrrole nitrogens is 1. The Hall–Kier alpha value is -2.67. The maximum Gasteiger partial charge on any atom is 0.202 e. The summed E-state index contributed by atoms with van der Waals surface area (Å²) in [6.45, 7) is 1.79. The summed E-state index contributed by atoms with van der Waals surface area (Å²) in [4.78, 5) is 12.8. The lowest BCUT2D eigenvalue weighted by molar-refractivity contribution is 0.475. The number of phenolic OH excluding ortho intramolecular Hbond substituents is 1. The van der Waals surface area contributed by atoms with Gasteiger partial charge in [0.25, 0.3) is 0 Å². The zero-order valence-corrected chi connectivity index (χ0v) is 11.8. The second kappa shape index (κ2) is 5.02. The van der Waals surface area contributed by atoms with Crippen molar-refractivity contribution in [3.8, 4) is 28.5 Å². The molecule has 0 spiro atoms. The van der Waals surface area contributed by atoms with Gasteiger partial charge in [-0.3, -0.25) is 5.10 Å². The van der Waals surface area contributed by atoms with Crippen molar-refractivity contribution in [3.05, 3.63) is 35.2 Å². The normalized spacial score (nSPS) is 10.8. The molecule has 7 nitrogen and oxygen atoms in total. The molecule has 0 atom stereocenters. The molecule has 21 heavy (non-hydrogen) atoms. The van der Waals surface area contributed by atoms with Gasteiger partial charge in [0.1, 0.15) is 28.8 Å². The van der Waals surface area contributed by atoms with E-state index in [0.29, 0.717) is 28.6 Å². The number of nitrogens with one attached hydrogen (secondary N) is 1. The number of halogens is 1. The summed E-state index contributed by atoms with van der Waals surface area (Å²) in [5.41, 5.74) is 7.36. The van der Waals surface area contributed by atoms with E-state index in [1.54, 1.807) is 19.1 Å². The van der Waals surface area contributed by atoms with Crippen LogP contribution >= 0.6 is 11.6 Å². The molecule has 2 heterocycles. The standard InChI is InChI=1S/C13H11ClN6O/c1-6-17-13(20-19-6)12-11(16-5-10(15)18-12)7-2-3-9(21)8(14)4-7/h2-5,21H,1H3,(H2,15,18)(H,17,19,20). The first-order valence-electron chi connectivity index (χ1n) is 6.05. The number of phenols is 1. The second-order valence-corrected chi connectivity index (χ2v) is 4.81. The van der Waals surface area contributed by atoms with Crippen LogP contribution in [0.4, 0.5) is 5.82 Å². The minimum absolute atomic E-state index is 0.000824. The number of aryl methyl sites for hydroxylation is 1. The Kier molecular flexibility index (Phi) is 3.19. The van der Waals surface area contributed by atoms with E-state index in [4.69, 9.17) is 17.3 Å². The summed E-state index contributed by atoms with van der Waals surface area (Å²) < 4.78 is 0. The van der Waals surface area contributed by atoms with Crippen molar-refractivity contribution in [1.82, 2.24) is 25.1 Å². The van der Waals surface area contributed by atoms with Crippen LogP contribution in [-0.4, -0.2) is 30.3 Å². The first kappa shape index (κ1) is 13.3. The van der Waals surface area contributed by atoms with Crippen molar-refractivity contribution in [2.24, 2.45) is 0 Å². The Morgan fingerprint density at radius 1 is 1.24 bits per heavy atom. The smallest absolute Gasteiger partial charge is 0.202 e. The minimum atomic E-state index is -0.000824. The van der Waals surface area contributed by atoms with Crippen LogP contribution in [0.15, 0.2) is 24.4 Å². The van der Waals surface area contributed by atoms with Gasteiger partial charge in [-0.15, -0.1) is 0 Å². The van der Waals surface area contributed by atoms with Gasteiger partial charge in [0.05, 0.1) is 11.2 Å². The largest absolute Gasteiger partial charge is 0.506 e. The number of aromatic nitrogens is 5. The Bertz CT molecular complexity index is 816. The zero-order valence-electron chi connectivity index (χ0n) is 11.0. The fourth-order valence-corrected chi connectivity index (χ4v) is 2.05. The molecule has 2 aromatic heterocycles. The fraction of sp³-hybridized carbons (Fsp3) is 0.0769. The van der Waals surface area contributed by atoms with Gasteiger partial charge in [-0.25, -0.2) is 15.0 Å². The van der Waals surface area contributed by atoms with Gasteiger partial charge in [0.2, 0.25) is 5.82 Å². The van der Waals surface area contributed by atoms with Crippen LogP contribution in [0.25, 0.3) is 22.8 Å². The van der Waals surface area contributed by atoms with Crippen LogP contribution in [0.5, 0.6) is 5.75 Å². The maximum absolute atomic E-state index is 9.51. The van der Waals surface area contributed by atoms with E-state index in [-0.39, 0.29) is 16.6 Å². The Balaban J connectivity index is 2.20. The van der Waals surface area contributed by atoms with Gasteiger partial charge >= 0.3 is 0 Å². The number of anilines is 1. The van der Waals surface area contributed by atoms with E-state index in [0.717, 1.165) is 0 Å². The topological polar surface area (TPSA) is 114 Å². The van der Waals surface area contributed by atoms with Crippen molar-refractivity contribution < 1.29 is 5.11 Å². The maximum atomic E-state index is 9.51. The van der Waals surface area contributed by atoms with E-state index in [1.807, 2.05) is 0 Å². The van der Waals surface area contributed by atoms with Crippen LogP contribution in [0.1, 0.15) is 5.82 Å². The molecule has 0 saturated heterocycles. The zero-order chi connectivity index (χ0) is 15.0. The van der Waals surface area contributed by atoms with Crippen LogP contribution in [0.2, 0.25) is 5.02 Å². The van der Waals surface area contributed by atoms with Crippen molar-refractivity contribution in [2.45, 2.75) is 6.92 Å². The molecule has 4 N–H and O–H groups in total. The Morgan fingerprint density at radius 3 is 2.71 bits per heavy atom. The van der Waals surface area contributed by atoms with E-state index in [1.165, 1.54) is 12.3 Å². The van der Waals surface area contributed by atoms with Crippen molar-refractivity contribution in [3.63, 3.8) is 0 Å². The summed E-state index contributed by atoms with van der Waals surface area (Å²) in [6.07, 6.45) is 1.44. The predicted octanol–water partition coefficient (Wildman–Crippen LogP) is 2.18. The number of aromatic amines is 1. The molecule has 0 saturated carbocycles. The number of hydrogen-bond donors (Lipinski definition) is 3. The monoisotopic (exact) mass is 302 g/mol. The third-order valence-corrected chi connectivity index (χ3v) is 3.12. The number of benzene rings is 1. The van der Waals surface area contributed by atoms with E-state index in [2.05, 4.69) is 25.1 Å². The molecule has 1 aromatic carbocycles. The molecule has 0 fully saturated rings. The SMILES string of the molecule is Cc1nc(-c2nc(N)cnc2-c2ccc(O)c(Cl)c2)n[nH]1. The number of nitrogens with two attached hydrogens (primary N) is 1. The lowest BCUT2D eigenvalue weighted by atomic mass is 10.1. The number of rotatable bonds is 2. The minimum Gasteiger partial charge on any atom is -0.506 e. The Labute approximate surface area is 124 Å². The highest BCUT2D eigenvalue weighted by Gasteiger charge is 2.16. The van der Waals surface area contributed by atoms with Crippen molar-refractivity contribution in [2.75, 3.05) is 5.73 Å². The van der Waals surface area contributed by atoms with Gasteiger partial charge in [-0.1, -0.05) is 11.6 Å². The van der Waals surface area contributed by atoms with Gasteiger partial charge in [-0.2, -0.15) is 5.10 Å². The summed E-state index contributed by atoms with van der Waals surface area (Å²) in [7, 11) is 0. The van der Waals surface area contributed by atoms with Crippen molar-refractivity contribution in [1.29, 1.82) is 0 Å². The molecule has 8 heteroatoms. The van der Waals surface area contributed by atoms with Gasteiger partial charge in [-0.05, 0) is 25.1 Å². The molecule has 0 aliphatic heterocycles. The van der Waals surface area contributed by atoms with Gasteiger partial charge in [0, 0.05) is 5.56 Å². The summed E-state index contributed by atoms with van der Waals surface area (Å²) in [5.74, 6) is 1.32. The van der Waals surface area contributed by atoms with Crippen molar-refractivity contribution >= 4 is 17.4 Å². The average molecular weight is 303 g/mol. The molecule has 0 aliphatic rings. The molecule has 0 bridgehead atoms. The molecule has 0 aliphatic carbocycles. The van der Waals surface area contributed by atoms with E-state index in [9.17, 15) is 5.11 Å². The highest BCUT2D eigenvalue weighted by Crippen LogP contribution is 2.32. The van der Waals surface area contributed by atoms with E-state index < -0.39 is 0 Å². The lowest BCUT2D eigenvalue weighted by Crippen LogP contribution is -1.99. The van der Waals surface area contributed by atoms with Crippen LogP contribution < -0.4 is 5.73 Å². The van der Waals surface area contributed by atoms with Gasteiger partial charge in [0.15, 0.2) is 0 Å². The molecule has 106 valence electrons. The highest BCUT2D eigenvalue weighted by atomic mass is 35.5. The third-order valence-electron chi connectivity index (χ3n) is 2.82. The average Bonchev–Trinajstić information content (AvgIpc) is 2.88. The second-order valence-electron chi connectivity index (χ2n) is 4.40. The van der Waals surface area contributed by atoms with E-state index >= 15 is 0 Å². The predicted molar refractivity (Wildman–Crippen MR) is 78.7 cm³/mol. The van der Waals surface area contributed by atoms with Crippen LogP contribution in [-0.2, 0) is 0 Å². The Morgan fingerprint density at radius 2 is 2.05 bits per heavy atom. The molecule has 3 rings (SSSR count). The highest BCUT2D eigenvalue weighted by molar-refractivity contribution is 6.32. The summed E-state index contributed by atoms with van der Waals surface area (Å²) in [5, 5.41) is 16.6. The number of aromatic hydroxyl groups is 1. The first-order chi connectivity index (χ1) is 10.0. The van der Waals surface area contributed by atoms with Crippen LogP contribution in [0, 0.1) is 6.92 Å². The molecule has 0 unspecified atom stereocenters. The third kappa shape index (κ3) is 2.50. The molecule has 0 amide bonds. The molecular formula is C13H11ClN6O. The molecule has 3 aromatic rings. The molecular weight excluding hydrogens is 292 g/mol. The van der Waals surface area contributed by atoms with Crippen LogP contribution in [0.3, 0.4) is 0 Å². The molecule has 0 radical (unpaired) electrons. The fourth-order valence-electron chi connectivity index (χ4n) is 1.87. The first-order valence-corrected chi connectivity index (χ1v) is 6.43. The summed E-state index contributed by atoms with van der Waals surface area (Å²) in [6, 6.07) is 4.77. The lowest BCUT2D eigenvalue weighted by Gasteiger charge is -2.07. The quantitative estimate of drug-likeness (QED) is 0.668. The van der Waals surface area contributed by atoms with Gasteiger partial charge < -0.3 is 10.8 Å². The number of hydrogen-bond acceptors (Lipinski definition) is 6. The number of nitrogen functional groups attached to an aromatic ring is 1. The number of nitrogens with zero attached hydrogens (tertiary/aromatic N) is 4.